The molecule has 1 aromatic carbocycles. The van der Waals surface area contributed by atoms with E-state index < -0.39 is 6.10 Å². The van der Waals surface area contributed by atoms with Gasteiger partial charge >= 0.3 is 0 Å². The molecule has 3 nitrogen and oxygen atoms in total. The van der Waals surface area contributed by atoms with Crippen molar-refractivity contribution in [3.8, 4) is 0 Å². The molecule has 3 N–H and O–H groups in total. The van der Waals surface area contributed by atoms with Gasteiger partial charge in [-0.15, -0.1) is 0 Å². The zero-order chi connectivity index (χ0) is 13.0. The normalized spacial score (nSPS) is 14.4. The van der Waals surface area contributed by atoms with Crippen molar-refractivity contribution >= 4 is 0 Å². The summed E-state index contributed by atoms with van der Waals surface area (Å²) < 4.78 is 12.8. The highest BCUT2D eigenvalue weighted by Crippen LogP contribution is 2.17. The number of H-pyrrole nitrogens is 1. The van der Waals surface area contributed by atoms with Crippen LogP contribution in [0.1, 0.15) is 24.2 Å². The van der Waals surface area contributed by atoms with Gasteiger partial charge in [0.25, 0.3) is 0 Å². The van der Waals surface area contributed by atoms with Crippen LogP contribution in [0.2, 0.25) is 0 Å². The third-order valence-electron chi connectivity index (χ3n) is 2.98. The molecule has 2 rings (SSSR count). The zero-order valence-corrected chi connectivity index (χ0v) is 10.2. The fraction of sp³-hybridized carbons (Fsp3) is 0.286. The van der Waals surface area contributed by atoms with Gasteiger partial charge in [0.2, 0.25) is 0 Å². The Morgan fingerprint density at radius 2 is 2.00 bits per heavy atom. The van der Waals surface area contributed by atoms with Crippen molar-refractivity contribution in [3.63, 3.8) is 0 Å². The lowest BCUT2D eigenvalue weighted by Gasteiger charge is -2.20. The van der Waals surface area contributed by atoms with Crippen molar-refractivity contribution in [1.82, 2.24) is 10.3 Å². The second-order valence-electron chi connectivity index (χ2n) is 4.39. The summed E-state index contributed by atoms with van der Waals surface area (Å²) in [6, 6.07) is 7.80. The lowest BCUT2D eigenvalue weighted by atomic mass is 10.0. The number of hydrogen-bond acceptors (Lipinski definition) is 2. The molecule has 0 amide bonds. The Hall–Kier alpha value is -1.65. The maximum absolute atomic E-state index is 12.8. The quantitative estimate of drug-likeness (QED) is 0.760. The summed E-state index contributed by atoms with van der Waals surface area (Å²) in [5, 5.41) is 13.3. The largest absolute Gasteiger partial charge is 0.387 e. The maximum Gasteiger partial charge on any atom is 0.123 e. The van der Waals surface area contributed by atoms with E-state index >= 15 is 0 Å². The Morgan fingerprint density at radius 1 is 1.28 bits per heavy atom. The zero-order valence-electron chi connectivity index (χ0n) is 10.2. The fourth-order valence-corrected chi connectivity index (χ4v) is 1.81. The van der Waals surface area contributed by atoms with Crippen LogP contribution in [0, 0.1) is 5.82 Å². The molecule has 0 aliphatic carbocycles. The number of halogens is 1. The smallest absolute Gasteiger partial charge is 0.123 e. The Balaban J connectivity index is 1.91. The first-order valence-corrected chi connectivity index (χ1v) is 5.95. The summed E-state index contributed by atoms with van der Waals surface area (Å²) in [7, 11) is 0. The van der Waals surface area contributed by atoms with Gasteiger partial charge in [-0.3, -0.25) is 0 Å². The second-order valence-corrected chi connectivity index (χ2v) is 4.39. The van der Waals surface area contributed by atoms with Crippen molar-refractivity contribution in [3.05, 3.63) is 59.7 Å². The van der Waals surface area contributed by atoms with Gasteiger partial charge < -0.3 is 15.4 Å². The van der Waals surface area contributed by atoms with Crippen LogP contribution in [0.5, 0.6) is 0 Å². The predicted octanol–water partition coefficient (Wildman–Crippen LogP) is 2.37. The molecule has 4 heteroatoms. The predicted molar refractivity (Wildman–Crippen MR) is 68.5 cm³/mol. The molecule has 0 saturated heterocycles. The van der Waals surface area contributed by atoms with E-state index in [-0.39, 0.29) is 11.9 Å². The average molecular weight is 248 g/mol. The summed E-state index contributed by atoms with van der Waals surface area (Å²) in [4.78, 5) is 2.98. The third-order valence-corrected chi connectivity index (χ3v) is 2.98. The van der Waals surface area contributed by atoms with E-state index in [4.69, 9.17) is 0 Å². The van der Waals surface area contributed by atoms with Crippen LogP contribution in [-0.2, 0) is 6.54 Å². The second kappa shape index (κ2) is 5.80. The molecule has 1 heterocycles. The summed E-state index contributed by atoms with van der Waals surface area (Å²) in [5.41, 5.74) is 1.85. The number of rotatable bonds is 5. The van der Waals surface area contributed by atoms with Crippen LogP contribution in [0.15, 0.2) is 42.7 Å². The molecule has 0 spiro atoms. The third kappa shape index (κ3) is 3.18. The summed E-state index contributed by atoms with van der Waals surface area (Å²) in [6.07, 6.45) is 3.12. The summed E-state index contributed by atoms with van der Waals surface area (Å²) in [5.74, 6) is -0.293. The molecule has 0 saturated carbocycles. The lowest BCUT2D eigenvalue weighted by Crippen LogP contribution is -2.31. The van der Waals surface area contributed by atoms with Crippen LogP contribution in [0.4, 0.5) is 4.39 Å². The molecule has 0 aliphatic rings. The molecule has 2 aromatic rings. The molecule has 1 aromatic heterocycles. The molecule has 2 atom stereocenters. The average Bonchev–Trinajstić information content (AvgIpc) is 2.89. The maximum atomic E-state index is 12.8. The lowest BCUT2D eigenvalue weighted by molar-refractivity contribution is 0.135. The molecular formula is C14H17FN2O. The topological polar surface area (TPSA) is 48.0 Å². The number of nitrogens with one attached hydrogen (secondary N) is 2. The summed E-state index contributed by atoms with van der Waals surface area (Å²) >= 11 is 0. The first kappa shape index (κ1) is 12.8. The highest BCUT2D eigenvalue weighted by atomic mass is 19.1. The van der Waals surface area contributed by atoms with Crippen molar-refractivity contribution in [2.75, 3.05) is 0 Å². The molecule has 0 radical (unpaired) electrons. The van der Waals surface area contributed by atoms with Crippen molar-refractivity contribution in [2.24, 2.45) is 0 Å². The standard InChI is InChI=1S/C14H17FN2O/c1-10(17-9-11-6-7-16-8-11)14(18)12-2-4-13(15)5-3-12/h2-8,10,14,16-18H,9H2,1H3. The first-order valence-electron chi connectivity index (χ1n) is 5.95. The Labute approximate surface area is 106 Å². The minimum atomic E-state index is -0.649. The van der Waals surface area contributed by atoms with Gasteiger partial charge in [-0.05, 0) is 36.2 Å². The number of benzene rings is 1. The van der Waals surface area contributed by atoms with E-state index in [2.05, 4.69) is 10.3 Å². The summed E-state index contributed by atoms with van der Waals surface area (Å²) in [6.45, 7) is 2.59. The van der Waals surface area contributed by atoms with Crippen molar-refractivity contribution in [1.29, 1.82) is 0 Å². The fourth-order valence-electron chi connectivity index (χ4n) is 1.81. The molecule has 0 fully saturated rings. The van der Waals surface area contributed by atoms with Gasteiger partial charge in [0.05, 0.1) is 6.10 Å². The van der Waals surface area contributed by atoms with E-state index in [0.717, 1.165) is 5.56 Å². The molecule has 2 unspecified atom stereocenters. The first-order chi connectivity index (χ1) is 8.66. The SMILES string of the molecule is CC(NCc1cc[nH]c1)C(O)c1ccc(F)cc1. The minimum Gasteiger partial charge on any atom is -0.387 e. The number of hydrogen-bond donors (Lipinski definition) is 3. The van der Waals surface area contributed by atoms with E-state index in [0.29, 0.717) is 12.1 Å². The molecule has 0 bridgehead atoms. The van der Waals surface area contributed by atoms with E-state index in [1.807, 2.05) is 25.4 Å². The van der Waals surface area contributed by atoms with Gasteiger partial charge in [0.1, 0.15) is 5.82 Å². The van der Waals surface area contributed by atoms with Gasteiger partial charge in [0.15, 0.2) is 0 Å². The van der Waals surface area contributed by atoms with Gasteiger partial charge in [-0.2, -0.15) is 0 Å². The van der Waals surface area contributed by atoms with E-state index in [1.54, 1.807) is 12.1 Å². The van der Waals surface area contributed by atoms with Gasteiger partial charge in [-0.1, -0.05) is 12.1 Å². The Kier molecular flexibility index (Phi) is 4.12. The number of aromatic amines is 1. The number of aliphatic hydroxyl groups is 1. The van der Waals surface area contributed by atoms with Crippen LogP contribution in [0.25, 0.3) is 0 Å². The molecular weight excluding hydrogens is 231 g/mol. The highest BCUT2D eigenvalue weighted by molar-refractivity contribution is 5.19. The van der Waals surface area contributed by atoms with Crippen molar-refractivity contribution in [2.45, 2.75) is 25.6 Å². The highest BCUT2D eigenvalue weighted by Gasteiger charge is 2.15. The van der Waals surface area contributed by atoms with Gasteiger partial charge in [0, 0.05) is 25.0 Å². The monoisotopic (exact) mass is 248 g/mol. The van der Waals surface area contributed by atoms with E-state index in [9.17, 15) is 9.50 Å². The van der Waals surface area contributed by atoms with Gasteiger partial charge in [-0.25, -0.2) is 4.39 Å². The Bertz CT molecular complexity index is 467. The van der Waals surface area contributed by atoms with Crippen molar-refractivity contribution < 1.29 is 9.50 Å². The Morgan fingerprint density at radius 3 is 2.61 bits per heavy atom. The molecule has 18 heavy (non-hydrogen) atoms. The molecule has 96 valence electrons. The minimum absolute atomic E-state index is 0.106. The van der Waals surface area contributed by atoms with Crippen LogP contribution < -0.4 is 5.32 Å². The molecule has 0 aliphatic heterocycles. The van der Waals surface area contributed by atoms with Crippen LogP contribution in [-0.4, -0.2) is 16.1 Å². The van der Waals surface area contributed by atoms with Crippen LogP contribution in [0.3, 0.4) is 0 Å². The number of aliphatic hydroxyl groups excluding tert-OH is 1. The van der Waals surface area contributed by atoms with Crippen LogP contribution >= 0.6 is 0 Å². The number of aromatic nitrogens is 1. The van der Waals surface area contributed by atoms with E-state index in [1.165, 1.54) is 12.1 Å².